The summed E-state index contributed by atoms with van der Waals surface area (Å²) >= 11 is 0. The first-order valence-electron chi connectivity index (χ1n) is 10.3. The van der Waals surface area contributed by atoms with Gasteiger partial charge in [0, 0.05) is 37.0 Å². The minimum atomic E-state index is -0.216. The van der Waals surface area contributed by atoms with Crippen molar-refractivity contribution >= 4 is 23.2 Å². The van der Waals surface area contributed by atoms with Crippen molar-refractivity contribution in [1.82, 2.24) is 5.32 Å². The summed E-state index contributed by atoms with van der Waals surface area (Å²) in [5.74, 6) is 0.337. The van der Waals surface area contributed by atoms with Gasteiger partial charge in [-0.1, -0.05) is 32.0 Å². The number of nitrogens with one attached hydrogen (secondary N) is 2. The summed E-state index contributed by atoms with van der Waals surface area (Å²) in [5.41, 5.74) is 3.80. The van der Waals surface area contributed by atoms with Crippen molar-refractivity contribution in [1.29, 1.82) is 0 Å². The standard InChI is InChI=1S/C25H29N3O3/c1-16(2)24(29)27-20-11-12-22(28(4)5)21(15-20)25(30)26-17(3)18-8-6-9-19(14-18)23-10-7-13-31-23/h6-17H,1-5H3,(H,26,30)(H,27,29). The molecule has 2 N–H and O–H groups in total. The Hall–Kier alpha value is -3.54. The van der Waals surface area contributed by atoms with Crippen LogP contribution in [-0.2, 0) is 4.79 Å². The van der Waals surface area contributed by atoms with Crippen LogP contribution in [0.3, 0.4) is 0 Å². The molecule has 162 valence electrons. The van der Waals surface area contributed by atoms with Gasteiger partial charge in [0.1, 0.15) is 5.76 Å². The van der Waals surface area contributed by atoms with Gasteiger partial charge in [0.15, 0.2) is 0 Å². The van der Waals surface area contributed by atoms with Gasteiger partial charge in [-0.05, 0) is 48.9 Å². The van der Waals surface area contributed by atoms with Crippen LogP contribution in [0.1, 0.15) is 42.7 Å². The maximum Gasteiger partial charge on any atom is 0.253 e. The molecule has 0 bridgehead atoms. The Morgan fingerprint density at radius 2 is 1.74 bits per heavy atom. The molecule has 1 atom stereocenters. The number of nitrogens with zero attached hydrogens (tertiary/aromatic N) is 1. The van der Waals surface area contributed by atoms with Crippen LogP contribution >= 0.6 is 0 Å². The molecule has 2 aromatic carbocycles. The summed E-state index contributed by atoms with van der Waals surface area (Å²) in [6, 6.07) is 16.8. The van der Waals surface area contributed by atoms with Gasteiger partial charge in [-0.2, -0.15) is 0 Å². The molecule has 31 heavy (non-hydrogen) atoms. The van der Waals surface area contributed by atoms with Crippen LogP contribution in [0, 0.1) is 5.92 Å². The first-order chi connectivity index (χ1) is 14.8. The van der Waals surface area contributed by atoms with E-state index in [0.29, 0.717) is 11.3 Å². The van der Waals surface area contributed by atoms with Crippen LogP contribution in [0.5, 0.6) is 0 Å². The Bertz CT molecular complexity index is 1060. The molecule has 0 saturated heterocycles. The molecule has 2 amide bonds. The summed E-state index contributed by atoms with van der Waals surface area (Å²) in [7, 11) is 3.77. The summed E-state index contributed by atoms with van der Waals surface area (Å²) in [6.07, 6.45) is 1.64. The van der Waals surface area contributed by atoms with E-state index >= 15 is 0 Å². The SMILES string of the molecule is CC(C)C(=O)Nc1ccc(N(C)C)c(C(=O)NC(C)c2cccc(-c3ccco3)c2)c1. The van der Waals surface area contributed by atoms with Gasteiger partial charge in [-0.15, -0.1) is 0 Å². The van der Waals surface area contributed by atoms with Crippen LogP contribution in [0.4, 0.5) is 11.4 Å². The van der Waals surface area contributed by atoms with Crippen molar-refractivity contribution in [2.75, 3.05) is 24.3 Å². The Morgan fingerprint density at radius 1 is 0.968 bits per heavy atom. The minimum Gasteiger partial charge on any atom is -0.464 e. The number of anilines is 2. The molecule has 0 radical (unpaired) electrons. The van der Waals surface area contributed by atoms with Crippen molar-refractivity contribution in [2.45, 2.75) is 26.8 Å². The van der Waals surface area contributed by atoms with E-state index in [9.17, 15) is 9.59 Å². The van der Waals surface area contributed by atoms with Gasteiger partial charge < -0.3 is 20.0 Å². The average Bonchev–Trinajstić information content (AvgIpc) is 3.28. The fourth-order valence-electron chi connectivity index (χ4n) is 3.23. The number of amides is 2. The van der Waals surface area contributed by atoms with E-state index in [1.165, 1.54) is 0 Å². The molecular weight excluding hydrogens is 390 g/mol. The molecule has 0 aliphatic heterocycles. The molecule has 0 saturated carbocycles. The summed E-state index contributed by atoms with van der Waals surface area (Å²) < 4.78 is 5.48. The number of carbonyl (C=O) groups is 2. The molecular formula is C25H29N3O3. The summed E-state index contributed by atoms with van der Waals surface area (Å²) in [6.45, 7) is 5.60. The lowest BCUT2D eigenvalue weighted by atomic mass is 10.0. The predicted molar refractivity (Wildman–Crippen MR) is 124 cm³/mol. The van der Waals surface area contributed by atoms with E-state index in [1.807, 2.05) is 88.3 Å². The van der Waals surface area contributed by atoms with Gasteiger partial charge in [0.05, 0.1) is 17.9 Å². The van der Waals surface area contributed by atoms with E-state index in [2.05, 4.69) is 10.6 Å². The highest BCUT2D eigenvalue weighted by Gasteiger charge is 2.18. The number of carbonyl (C=O) groups excluding carboxylic acids is 2. The van der Waals surface area contributed by atoms with Crippen LogP contribution < -0.4 is 15.5 Å². The zero-order valence-electron chi connectivity index (χ0n) is 18.6. The van der Waals surface area contributed by atoms with Crippen molar-refractivity contribution in [2.24, 2.45) is 5.92 Å². The minimum absolute atomic E-state index is 0.0907. The van der Waals surface area contributed by atoms with Crippen molar-refractivity contribution < 1.29 is 14.0 Å². The lowest BCUT2D eigenvalue weighted by Crippen LogP contribution is -2.28. The Labute approximate surface area is 183 Å². The molecule has 3 rings (SSSR count). The second kappa shape index (κ2) is 9.51. The topological polar surface area (TPSA) is 74.6 Å². The highest BCUT2D eigenvalue weighted by Crippen LogP contribution is 2.26. The summed E-state index contributed by atoms with van der Waals surface area (Å²) in [4.78, 5) is 27.1. The largest absolute Gasteiger partial charge is 0.464 e. The molecule has 6 nitrogen and oxygen atoms in total. The first-order valence-corrected chi connectivity index (χ1v) is 10.3. The maximum atomic E-state index is 13.2. The van der Waals surface area contributed by atoms with Gasteiger partial charge >= 0.3 is 0 Å². The molecule has 1 aromatic heterocycles. The summed E-state index contributed by atoms with van der Waals surface area (Å²) in [5, 5.41) is 5.94. The second-order valence-corrected chi connectivity index (χ2v) is 8.07. The normalized spacial score (nSPS) is 11.8. The second-order valence-electron chi connectivity index (χ2n) is 8.07. The number of hydrogen-bond donors (Lipinski definition) is 2. The van der Waals surface area contributed by atoms with Crippen LogP contribution in [0.15, 0.2) is 65.3 Å². The third-order valence-electron chi connectivity index (χ3n) is 5.05. The molecule has 0 fully saturated rings. The molecule has 0 aliphatic carbocycles. The third kappa shape index (κ3) is 5.34. The van der Waals surface area contributed by atoms with Crippen LogP contribution in [0.2, 0.25) is 0 Å². The van der Waals surface area contributed by atoms with Crippen molar-refractivity contribution in [3.8, 4) is 11.3 Å². The molecule has 6 heteroatoms. The highest BCUT2D eigenvalue weighted by atomic mass is 16.3. The van der Waals surface area contributed by atoms with E-state index in [4.69, 9.17) is 4.42 Å². The number of rotatable bonds is 7. The zero-order chi connectivity index (χ0) is 22.5. The average molecular weight is 420 g/mol. The lowest BCUT2D eigenvalue weighted by molar-refractivity contribution is -0.118. The molecule has 0 aliphatic rings. The van der Waals surface area contributed by atoms with Gasteiger partial charge in [-0.3, -0.25) is 9.59 Å². The van der Waals surface area contributed by atoms with E-state index in [1.54, 1.807) is 12.3 Å². The predicted octanol–water partition coefficient (Wildman–Crippen LogP) is 5.10. The lowest BCUT2D eigenvalue weighted by Gasteiger charge is -2.21. The van der Waals surface area contributed by atoms with Gasteiger partial charge in [0.2, 0.25) is 5.91 Å². The first kappa shape index (κ1) is 22.2. The van der Waals surface area contributed by atoms with Crippen LogP contribution in [-0.4, -0.2) is 25.9 Å². The van der Waals surface area contributed by atoms with Gasteiger partial charge in [-0.25, -0.2) is 0 Å². The third-order valence-corrected chi connectivity index (χ3v) is 5.05. The van der Waals surface area contributed by atoms with Crippen LogP contribution in [0.25, 0.3) is 11.3 Å². The quantitative estimate of drug-likeness (QED) is 0.559. The van der Waals surface area contributed by atoms with Crippen molar-refractivity contribution in [3.63, 3.8) is 0 Å². The Kier molecular flexibility index (Phi) is 6.80. The monoisotopic (exact) mass is 419 g/mol. The maximum absolute atomic E-state index is 13.2. The van der Waals surface area contributed by atoms with Gasteiger partial charge in [0.25, 0.3) is 5.91 Å². The van der Waals surface area contributed by atoms with E-state index < -0.39 is 0 Å². The Morgan fingerprint density at radius 3 is 2.39 bits per heavy atom. The fourth-order valence-corrected chi connectivity index (χ4v) is 3.23. The molecule has 1 unspecified atom stereocenters. The molecule has 1 heterocycles. The molecule has 0 spiro atoms. The number of hydrogen-bond acceptors (Lipinski definition) is 4. The van der Waals surface area contributed by atoms with E-state index in [0.717, 1.165) is 22.6 Å². The fraction of sp³-hybridized carbons (Fsp3) is 0.280. The zero-order valence-corrected chi connectivity index (χ0v) is 18.6. The highest BCUT2D eigenvalue weighted by molar-refractivity contribution is 6.02. The Balaban J connectivity index is 1.83. The number of furan rings is 1. The smallest absolute Gasteiger partial charge is 0.253 e. The molecule has 3 aromatic rings. The number of benzene rings is 2. The van der Waals surface area contributed by atoms with E-state index in [-0.39, 0.29) is 23.8 Å². The van der Waals surface area contributed by atoms with Crippen molar-refractivity contribution in [3.05, 3.63) is 72.0 Å².